The zero-order chi connectivity index (χ0) is 26.1. The van der Waals surface area contributed by atoms with Crippen molar-refractivity contribution < 1.29 is 9.59 Å². The summed E-state index contributed by atoms with van der Waals surface area (Å²) in [7, 11) is 1.57. The molecule has 0 spiro atoms. The number of nitrogens with zero attached hydrogens (tertiary/aromatic N) is 3. The first-order valence-electron chi connectivity index (χ1n) is 11.9. The predicted molar refractivity (Wildman–Crippen MR) is 141 cm³/mol. The Hall–Kier alpha value is -3.65. The lowest BCUT2D eigenvalue weighted by molar-refractivity contribution is 0.0653. The van der Waals surface area contributed by atoms with Gasteiger partial charge in [-0.1, -0.05) is 17.7 Å². The lowest BCUT2D eigenvalue weighted by Gasteiger charge is -2.35. The van der Waals surface area contributed by atoms with E-state index in [-0.39, 0.29) is 36.0 Å². The number of hydrogen-bond acceptors (Lipinski definition) is 5. The van der Waals surface area contributed by atoms with E-state index in [0.717, 1.165) is 5.56 Å². The molecule has 0 saturated heterocycles. The fraction of sp³-hybridized carbons (Fsp3) is 0.333. The fourth-order valence-electron chi connectivity index (χ4n) is 4.32. The highest BCUT2D eigenvalue weighted by Gasteiger charge is 2.32. The van der Waals surface area contributed by atoms with Crippen molar-refractivity contribution in [3.8, 4) is 5.69 Å². The molecule has 2 amide bonds. The lowest BCUT2D eigenvalue weighted by Crippen LogP contribution is -2.46. The van der Waals surface area contributed by atoms with E-state index in [1.807, 2.05) is 33.8 Å². The molecule has 3 aromatic rings. The quantitative estimate of drug-likeness (QED) is 0.545. The maximum absolute atomic E-state index is 13.7. The van der Waals surface area contributed by atoms with Crippen LogP contribution in [0.3, 0.4) is 0 Å². The van der Waals surface area contributed by atoms with Crippen molar-refractivity contribution in [1.82, 2.24) is 19.8 Å². The third-order valence-electron chi connectivity index (χ3n) is 6.33. The Labute approximate surface area is 215 Å². The number of carbonyl (C=O) groups excluding carboxylic acids is 2. The van der Waals surface area contributed by atoms with Crippen LogP contribution >= 0.6 is 11.6 Å². The van der Waals surface area contributed by atoms with Gasteiger partial charge in [0.2, 0.25) is 5.95 Å². The number of benzene rings is 2. The molecule has 2 N–H and O–H groups in total. The SMILES string of the molecule is CNC(=O)c1ccc(-n2c(NC(C)C)nc3c(c2=O)C[C@@H](C)N(C(=O)c2ccc(C)c(Cl)c2)C3)cc1. The molecule has 2 aromatic carbocycles. The highest BCUT2D eigenvalue weighted by Crippen LogP contribution is 2.26. The first-order valence-corrected chi connectivity index (χ1v) is 12.3. The molecule has 1 aliphatic rings. The fourth-order valence-corrected chi connectivity index (χ4v) is 4.50. The summed E-state index contributed by atoms with van der Waals surface area (Å²) in [5.41, 5.74) is 3.48. The Morgan fingerprint density at radius 1 is 1.11 bits per heavy atom. The van der Waals surface area contributed by atoms with Crippen LogP contribution < -0.4 is 16.2 Å². The van der Waals surface area contributed by atoms with E-state index in [2.05, 4.69) is 10.6 Å². The molecule has 9 heteroatoms. The molecule has 36 heavy (non-hydrogen) atoms. The Balaban J connectivity index is 1.75. The van der Waals surface area contributed by atoms with Crippen LogP contribution in [0.5, 0.6) is 0 Å². The van der Waals surface area contributed by atoms with E-state index in [0.29, 0.717) is 45.5 Å². The molecule has 1 aromatic heterocycles. The number of anilines is 1. The number of carbonyl (C=O) groups is 2. The van der Waals surface area contributed by atoms with Crippen molar-refractivity contribution in [1.29, 1.82) is 0 Å². The lowest BCUT2D eigenvalue weighted by atomic mass is 9.98. The van der Waals surface area contributed by atoms with Gasteiger partial charge in [-0.2, -0.15) is 0 Å². The molecule has 4 rings (SSSR count). The van der Waals surface area contributed by atoms with Gasteiger partial charge in [0.1, 0.15) is 0 Å². The van der Waals surface area contributed by atoms with Crippen molar-refractivity contribution in [3.63, 3.8) is 0 Å². The smallest absolute Gasteiger partial charge is 0.263 e. The number of nitrogens with one attached hydrogen (secondary N) is 2. The molecule has 0 fully saturated rings. The van der Waals surface area contributed by atoms with Crippen molar-refractivity contribution >= 4 is 29.4 Å². The number of halogens is 1. The number of aryl methyl sites for hydroxylation is 1. The average Bonchev–Trinajstić information content (AvgIpc) is 2.85. The van der Waals surface area contributed by atoms with Gasteiger partial charge in [0, 0.05) is 40.8 Å². The second-order valence-electron chi connectivity index (χ2n) is 9.38. The van der Waals surface area contributed by atoms with Crippen molar-refractivity contribution in [2.24, 2.45) is 0 Å². The van der Waals surface area contributed by atoms with Crippen LogP contribution in [0, 0.1) is 6.92 Å². The predicted octanol–water partition coefficient (Wildman–Crippen LogP) is 3.96. The Morgan fingerprint density at radius 3 is 2.39 bits per heavy atom. The van der Waals surface area contributed by atoms with Gasteiger partial charge in [-0.3, -0.25) is 14.4 Å². The first kappa shape index (κ1) is 25.4. The molecule has 0 unspecified atom stereocenters. The Kier molecular flexibility index (Phi) is 7.17. The van der Waals surface area contributed by atoms with Crippen LogP contribution in [-0.2, 0) is 13.0 Å². The van der Waals surface area contributed by atoms with Crippen LogP contribution in [0.4, 0.5) is 5.95 Å². The summed E-state index contributed by atoms with van der Waals surface area (Å²) in [6.07, 6.45) is 0.380. The first-order chi connectivity index (χ1) is 17.1. The molecule has 2 heterocycles. The zero-order valence-corrected chi connectivity index (χ0v) is 21.8. The summed E-state index contributed by atoms with van der Waals surface area (Å²) >= 11 is 6.26. The van der Waals surface area contributed by atoms with E-state index >= 15 is 0 Å². The van der Waals surface area contributed by atoms with E-state index in [4.69, 9.17) is 16.6 Å². The number of hydrogen-bond donors (Lipinski definition) is 2. The molecule has 0 bridgehead atoms. The Morgan fingerprint density at radius 2 is 1.78 bits per heavy atom. The molecule has 0 saturated carbocycles. The van der Waals surface area contributed by atoms with E-state index in [1.165, 1.54) is 4.57 Å². The summed E-state index contributed by atoms with van der Waals surface area (Å²) in [6, 6.07) is 11.9. The van der Waals surface area contributed by atoms with Gasteiger partial charge in [0.15, 0.2) is 0 Å². The molecule has 1 atom stereocenters. The van der Waals surface area contributed by atoms with Gasteiger partial charge in [-0.25, -0.2) is 9.55 Å². The van der Waals surface area contributed by atoms with Crippen LogP contribution in [0.15, 0.2) is 47.3 Å². The third kappa shape index (κ3) is 4.86. The van der Waals surface area contributed by atoms with Gasteiger partial charge < -0.3 is 15.5 Å². The monoisotopic (exact) mass is 507 g/mol. The zero-order valence-electron chi connectivity index (χ0n) is 21.1. The molecular formula is C27H30ClN5O3. The van der Waals surface area contributed by atoms with Crippen LogP contribution in [0.2, 0.25) is 5.02 Å². The molecule has 8 nitrogen and oxygen atoms in total. The van der Waals surface area contributed by atoms with E-state index in [1.54, 1.807) is 48.3 Å². The molecular weight excluding hydrogens is 478 g/mol. The summed E-state index contributed by atoms with van der Waals surface area (Å²) in [5, 5.41) is 6.40. The van der Waals surface area contributed by atoms with Gasteiger partial charge >= 0.3 is 0 Å². The number of amides is 2. The van der Waals surface area contributed by atoms with Gasteiger partial charge in [-0.15, -0.1) is 0 Å². The minimum absolute atomic E-state index is 0.0151. The summed E-state index contributed by atoms with van der Waals surface area (Å²) < 4.78 is 1.54. The highest BCUT2D eigenvalue weighted by molar-refractivity contribution is 6.31. The van der Waals surface area contributed by atoms with Crippen LogP contribution in [0.25, 0.3) is 5.69 Å². The standard InChI is InChI=1S/C27H30ClN5O3/c1-15(2)30-27-31-23-14-32(25(35)19-7-6-16(3)22(28)13-19)17(4)12-21(23)26(36)33(27)20-10-8-18(9-11-20)24(34)29-5/h6-11,13,15,17H,12,14H2,1-5H3,(H,29,34)(H,30,31)/t17-/m1/s1. The van der Waals surface area contributed by atoms with Crippen LogP contribution in [-0.4, -0.2) is 45.4 Å². The summed E-state index contributed by atoms with van der Waals surface area (Å²) in [6.45, 7) is 7.96. The normalized spacial score (nSPS) is 15.0. The minimum Gasteiger partial charge on any atom is -0.355 e. The minimum atomic E-state index is -0.202. The van der Waals surface area contributed by atoms with E-state index < -0.39 is 0 Å². The second-order valence-corrected chi connectivity index (χ2v) is 9.78. The van der Waals surface area contributed by atoms with Crippen LogP contribution in [0.1, 0.15) is 58.3 Å². The third-order valence-corrected chi connectivity index (χ3v) is 6.73. The van der Waals surface area contributed by atoms with Gasteiger partial charge in [-0.05, 0) is 76.1 Å². The molecule has 0 radical (unpaired) electrons. The summed E-state index contributed by atoms with van der Waals surface area (Å²) in [5.74, 6) is 0.0393. The van der Waals surface area contributed by atoms with Gasteiger partial charge in [0.05, 0.1) is 17.9 Å². The average molecular weight is 508 g/mol. The number of rotatable bonds is 5. The topological polar surface area (TPSA) is 96.3 Å². The second kappa shape index (κ2) is 10.1. The van der Waals surface area contributed by atoms with Crippen molar-refractivity contribution in [2.75, 3.05) is 12.4 Å². The molecule has 1 aliphatic heterocycles. The number of aromatic nitrogens is 2. The molecule has 0 aliphatic carbocycles. The highest BCUT2D eigenvalue weighted by atomic mass is 35.5. The van der Waals surface area contributed by atoms with Gasteiger partial charge in [0.25, 0.3) is 17.4 Å². The molecule has 188 valence electrons. The van der Waals surface area contributed by atoms with Crippen molar-refractivity contribution in [3.05, 3.63) is 85.8 Å². The van der Waals surface area contributed by atoms with E-state index in [9.17, 15) is 14.4 Å². The maximum Gasteiger partial charge on any atom is 0.263 e. The summed E-state index contributed by atoms with van der Waals surface area (Å²) in [4.78, 5) is 45.6. The maximum atomic E-state index is 13.7. The number of fused-ring (bicyclic) bond motifs is 1. The van der Waals surface area contributed by atoms with Crippen molar-refractivity contribution in [2.45, 2.75) is 52.7 Å². The largest absolute Gasteiger partial charge is 0.355 e. The Bertz CT molecular complexity index is 1380.